The van der Waals surface area contributed by atoms with Crippen molar-refractivity contribution in [3.05, 3.63) is 48.4 Å². The summed E-state index contributed by atoms with van der Waals surface area (Å²) in [6.45, 7) is 3.02. The lowest BCUT2D eigenvalue weighted by molar-refractivity contribution is 0.202. The van der Waals surface area contributed by atoms with Crippen LogP contribution in [-0.4, -0.2) is 28.2 Å². The van der Waals surface area contributed by atoms with Gasteiger partial charge in [0.25, 0.3) is 0 Å². The number of likely N-dealkylation sites (tertiary alicyclic amines) is 1. The third kappa shape index (κ3) is 2.62. The van der Waals surface area contributed by atoms with E-state index in [0.29, 0.717) is 11.8 Å². The van der Waals surface area contributed by atoms with Gasteiger partial charge in [-0.3, -0.25) is 4.90 Å². The van der Waals surface area contributed by atoms with Crippen LogP contribution in [0.25, 0.3) is 22.2 Å². The molecule has 0 radical (unpaired) electrons. The van der Waals surface area contributed by atoms with Crippen molar-refractivity contribution in [3.63, 3.8) is 0 Å². The molecule has 4 rings (SSSR count). The van der Waals surface area contributed by atoms with Gasteiger partial charge in [0, 0.05) is 5.56 Å². The molecular formula is C18H19N3O. The van der Waals surface area contributed by atoms with E-state index in [9.17, 15) is 0 Å². The summed E-state index contributed by atoms with van der Waals surface area (Å²) in [6.07, 6.45) is 3.87. The minimum absolute atomic E-state index is 0.615. The maximum absolute atomic E-state index is 5.92. The van der Waals surface area contributed by atoms with Crippen LogP contribution in [0.2, 0.25) is 0 Å². The van der Waals surface area contributed by atoms with E-state index in [1.54, 1.807) is 0 Å². The zero-order valence-corrected chi connectivity index (χ0v) is 12.5. The van der Waals surface area contributed by atoms with Crippen LogP contribution >= 0.6 is 0 Å². The molecule has 1 aromatic heterocycles. The van der Waals surface area contributed by atoms with Crippen LogP contribution in [0.5, 0.6) is 0 Å². The second-order valence-corrected chi connectivity index (χ2v) is 5.86. The monoisotopic (exact) mass is 293 g/mol. The summed E-state index contributed by atoms with van der Waals surface area (Å²) in [4.78, 5) is 2.39. The van der Waals surface area contributed by atoms with E-state index in [4.69, 9.17) is 4.42 Å². The van der Waals surface area contributed by atoms with Gasteiger partial charge < -0.3 is 4.42 Å². The van der Waals surface area contributed by atoms with E-state index in [-0.39, 0.29) is 0 Å². The Balaban J connectivity index is 1.62. The van der Waals surface area contributed by atoms with Gasteiger partial charge in [0.15, 0.2) is 0 Å². The van der Waals surface area contributed by atoms with Crippen molar-refractivity contribution in [1.82, 2.24) is 15.1 Å². The van der Waals surface area contributed by atoms with Crippen LogP contribution in [0.1, 0.15) is 25.2 Å². The molecule has 0 saturated carbocycles. The summed E-state index contributed by atoms with van der Waals surface area (Å²) < 4.78 is 5.92. The van der Waals surface area contributed by atoms with Gasteiger partial charge in [-0.2, -0.15) is 0 Å². The van der Waals surface area contributed by atoms with Gasteiger partial charge in [0.2, 0.25) is 11.8 Å². The predicted octanol–water partition coefficient (Wildman–Crippen LogP) is 3.88. The SMILES string of the molecule is c1ccc2c(-c3nnc(CN4CCCCC4)o3)cccc2c1. The average molecular weight is 293 g/mol. The van der Waals surface area contributed by atoms with E-state index in [1.807, 2.05) is 24.3 Å². The first kappa shape index (κ1) is 13.5. The summed E-state index contributed by atoms with van der Waals surface area (Å²) in [6, 6.07) is 14.5. The highest BCUT2D eigenvalue weighted by atomic mass is 16.4. The Morgan fingerprint density at radius 3 is 2.64 bits per heavy atom. The van der Waals surface area contributed by atoms with Crippen LogP contribution in [0.3, 0.4) is 0 Å². The second-order valence-electron chi connectivity index (χ2n) is 5.86. The standard InChI is InChI=1S/C18H19N3O/c1-4-11-21(12-5-1)13-17-19-20-18(22-17)16-10-6-8-14-7-2-3-9-15(14)16/h2-3,6-10H,1,4-5,11-13H2. The van der Waals surface area contributed by atoms with Gasteiger partial charge >= 0.3 is 0 Å². The van der Waals surface area contributed by atoms with E-state index in [2.05, 4.69) is 33.3 Å². The first-order valence-electron chi connectivity index (χ1n) is 7.93. The summed E-state index contributed by atoms with van der Waals surface area (Å²) in [5.41, 5.74) is 1.01. The summed E-state index contributed by atoms with van der Waals surface area (Å²) in [5, 5.41) is 10.8. The van der Waals surface area contributed by atoms with Crippen molar-refractivity contribution in [2.45, 2.75) is 25.8 Å². The molecule has 4 heteroatoms. The Morgan fingerprint density at radius 2 is 1.73 bits per heavy atom. The van der Waals surface area contributed by atoms with Crippen molar-refractivity contribution in [2.24, 2.45) is 0 Å². The zero-order valence-electron chi connectivity index (χ0n) is 12.5. The van der Waals surface area contributed by atoms with Crippen molar-refractivity contribution in [3.8, 4) is 11.5 Å². The molecule has 112 valence electrons. The van der Waals surface area contributed by atoms with Crippen LogP contribution in [0, 0.1) is 0 Å². The number of rotatable bonds is 3. The molecule has 4 nitrogen and oxygen atoms in total. The van der Waals surface area contributed by atoms with Gasteiger partial charge in [-0.1, -0.05) is 42.8 Å². The maximum Gasteiger partial charge on any atom is 0.248 e. The molecule has 2 heterocycles. The quantitative estimate of drug-likeness (QED) is 0.735. The molecule has 0 bridgehead atoms. The molecular weight excluding hydrogens is 274 g/mol. The Hall–Kier alpha value is -2.20. The largest absolute Gasteiger partial charge is 0.419 e. The molecule has 22 heavy (non-hydrogen) atoms. The van der Waals surface area contributed by atoms with Crippen LogP contribution in [0.4, 0.5) is 0 Å². The van der Waals surface area contributed by atoms with E-state index in [1.165, 1.54) is 24.6 Å². The number of benzene rings is 2. The highest BCUT2D eigenvalue weighted by molar-refractivity contribution is 5.94. The average Bonchev–Trinajstić information content (AvgIpc) is 3.03. The van der Waals surface area contributed by atoms with Crippen LogP contribution < -0.4 is 0 Å². The lowest BCUT2D eigenvalue weighted by atomic mass is 10.0. The number of nitrogens with zero attached hydrogens (tertiary/aromatic N) is 3. The highest BCUT2D eigenvalue weighted by Gasteiger charge is 2.16. The fourth-order valence-electron chi connectivity index (χ4n) is 3.15. The van der Waals surface area contributed by atoms with Crippen molar-refractivity contribution < 1.29 is 4.42 Å². The Morgan fingerprint density at radius 1 is 0.909 bits per heavy atom. The van der Waals surface area contributed by atoms with Gasteiger partial charge in [-0.05, 0) is 42.8 Å². The minimum atomic E-state index is 0.615. The molecule has 1 aliphatic heterocycles. The molecule has 0 spiro atoms. The van der Waals surface area contributed by atoms with Crippen molar-refractivity contribution >= 4 is 10.8 Å². The Labute approximate surface area is 129 Å². The molecule has 0 aliphatic carbocycles. The lowest BCUT2D eigenvalue weighted by Crippen LogP contribution is -2.29. The highest BCUT2D eigenvalue weighted by Crippen LogP contribution is 2.27. The van der Waals surface area contributed by atoms with Crippen LogP contribution in [0.15, 0.2) is 46.9 Å². The molecule has 0 atom stereocenters. The number of fused-ring (bicyclic) bond motifs is 1. The third-order valence-electron chi connectivity index (χ3n) is 4.29. The minimum Gasteiger partial charge on any atom is -0.419 e. The molecule has 1 fully saturated rings. The van der Waals surface area contributed by atoms with Crippen molar-refractivity contribution in [1.29, 1.82) is 0 Å². The predicted molar refractivity (Wildman–Crippen MR) is 86.4 cm³/mol. The second kappa shape index (κ2) is 5.89. The zero-order chi connectivity index (χ0) is 14.8. The number of hydrogen-bond donors (Lipinski definition) is 0. The first-order chi connectivity index (χ1) is 10.9. The molecule has 2 aromatic carbocycles. The van der Waals surface area contributed by atoms with Gasteiger partial charge in [0.05, 0.1) is 6.54 Å². The van der Waals surface area contributed by atoms with Crippen LogP contribution in [-0.2, 0) is 6.54 Å². The molecule has 3 aromatic rings. The molecule has 1 aliphatic rings. The molecule has 0 unspecified atom stereocenters. The maximum atomic E-state index is 5.92. The normalized spacial score (nSPS) is 16.2. The topological polar surface area (TPSA) is 42.2 Å². The summed E-state index contributed by atoms with van der Waals surface area (Å²) in [5.74, 6) is 1.33. The first-order valence-corrected chi connectivity index (χ1v) is 7.93. The Bertz CT molecular complexity index is 769. The molecule has 1 saturated heterocycles. The van der Waals surface area contributed by atoms with Gasteiger partial charge in [0.1, 0.15) is 0 Å². The third-order valence-corrected chi connectivity index (χ3v) is 4.29. The Kier molecular flexibility index (Phi) is 3.60. The number of piperidine rings is 1. The summed E-state index contributed by atoms with van der Waals surface area (Å²) in [7, 11) is 0. The van der Waals surface area contributed by atoms with Crippen molar-refractivity contribution in [2.75, 3.05) is 13.1 Å². The van der Waals surface area contributed by atoms with Gasteiger partial charge in [-0.25, -0.2) is 0 Å². The smallest absolute Gasteiger partial charge is 0.248 e. The summed E-state index contributed by atoms with van der Waals surface area (Å²) >= 11 is 0. The number of aromatic nitrogens is 2. The number of hydrogen-bond acceptors (Lipinski definition) is 4. The van der Waals surface area contributed by atoms with E-state index >= 15 is 0 Å². The van der Waals surface area contributed by atoms with E-state index < -0.39 is 0 Å². The fourth-order valence-corrected chi connectivity index (χ4v) is 3.15. The molecule has 0 N–H and O–H groups in total. The lowest BCUT2D eigenvalue weighted by Gasteiger charge is -2.24. The van der Waals surface area contributed by atoms with E-state index in [0.717, 1.165) is 30.6 Å². The molecule has 0 amide bonds. The fraction of sp³-hybridized carbons (Fsp3) is 0.333. The van der Waals surface area contributed by atoms with Gasteiger partial charge in [-0.15, -0.1) is 10.2 Å².